The van der Waals surface area contributed by atoms with Crippen molar-refractivity contribution in [3.63, 3.8) is 0 Å². The van der Waals surface area contributed by atoms with Gasteiger partial charge in [0.2, 0.25) is 0 Å². The zero-order valence-electron chi connectivity index (χ0n) is 11.2. The normalized spacial score (nSPS) is 10.6. The molecule has 0 fully saturated rings. The van der Waals surface area contributed by atoms with Gasteiger partial charge in [0, 0.05) is 45.5 Å². The summed E-state index contributed by atoms with van der Waals surface area (Å²) in [5, 5.41) is 0. The average molecular weight is 272 g/mol. The van der Waals surface area contributed by atoms with E-state index in [1.807, 2.05) is 0 Å². The van der Waals surface area contributed by atoms with Gasteiger partial charge >= 0.3 is 0 Å². The Labute approximate surface area is 115 Å². The first-order chi connectivity index (χ1) is 8.81. The topological polar surface area (TPSA) is 21.7 Å². The molecule has 102 valence electrons. The Bertz CT molecular complexity index is 316. The van der Waals surface area contributed by atoms with Crippen LogP contribution in [0.5, 0.6) is 0 Å². The van der Waals surface area contributed by atoms with Crippen molar-refractivity contribution < 1.29 is 9.47 Å². The fourth-order valence-corrected chi connectivity index (χ4v) is 1.95. The van der Waals surface area contributed by atoms with E-state index in [2.05, 4.69) is 29.2 Å². The maximum atomic E-state index is 5.79. The predicted molar refractivity (Wildman–Crippen MR) is 76.6 cm³/mol. The molecule has 0 aliphatic carbocycles. The molecule has 3 nitrogen and oxygen atoms in total. The second-order valence-electron chi connectivity index (χ2n) is 4.13. The van der Waals surface area contributed by atoms with Crippen LogP contribution < -0.4 is 4.90 Å². The molecule has 1 aromatic carbocycles. The molecule has 0 aromatic heterocycles. The van der Waals surface area contributed by atoms with E-state index in [9.17, 15) is 0 Å². The third kappa shape index (κ3) is 5.25. The van der Waals surface area contributed by atoms with E-state index in [1.54, 1.807) is 14.2 Å². The monoisotopic (exact) mass is 271 g/mol. The van der Waals surface area contributed by atoms with E-state index in [0.29, 0.717) is 5.88 Å². The van der Waals surface area contributed by atoms with Crippen LogP contribution in [-0.4, -0.2) is 40.5 Å². The number of hydrogen-bond acceptors (Lipinski definition) is 3. The SMILES string of the molecule is COCCCN(CCOC)c1ccc(CCl)cc1. The number of ether oxygens (including phenoxy) is 2. The smallest absolute Gasteiger partial charge is 0.0637 e. The fourth-order valence-electron chi connectivity index (χ4n) is 1.77. The van der Waals surface area contributed by atoms with Gasteiger partial charge in [-0.15, -0.1) is 11.6 Å². The number of benzene rings is 1. The number of anilines is 1. The molecule has 0 aliphatic rings. The van der Waals surface area contributed by atoms with Crippen molar-refractivity contribution in [3.05, 3.63) is 29.8 Å². The molecular weight excluding hydrogens is 250 g/mol. The maximum Gasteiger partial charge on any atom is 0.0637 e. The highest BCUT2D eigenvalue weighted by molar-refractivity contribution is 6.17. The summed E-state index contributed by atoms with van der Waals surface area (Å²) in [4.78, 5) is 2.31. The summed E-state index contributed by atoms with van der Waals surface area (Å²) in [5.74, 6) is 0.558. The lowest BCUT2D eigenvalue weighted by molar-refractivity contribution is 0.191. The minimum atomic E-state index is 0.558. The van der Waals surface area contributed by atoms with Gasteiger partial charge in [-0.05, 0) is 24.1 Å². The van der Waals surface area contributed by atoms with Crippen LogP contribution >= 0.6 is 11.6 Å². The zero-order chi connectivity index (χ0) is 13.2. The van der Waals surface area contributed by atoms with Gasteiger partial charge in [-0.3, -0.25) is 0 Å². The number of rotatable bonds is 9. The summed E-state index contributed by atoms with van der Waals surface area (Å²) >= 11 is 5.79. The lowest BCUT2D eigenvalue weighted by Crippen LogP contribution is -2.28. The van der Waals surface area contributed by atoms with Crippen molar-refractivity contribution in [1.82, 2.24) is 0 Å². The number of methoxy groups -OCH3 is 2. The Balaban J connectivity index is 2.60. The summed E-state index contributed by atoms with van der Waals surface area (Å²) in [6.07, 6.45) is 1.01. The van der Waals surface area contributed by atoms with Gasteiger partial charge in [0.05, 0.1) is 6.61 Å². The van der Waals surface area contributed by atoms with Crippen molar-refractivity contribution >= 4 is 17.3 Å². The Hall–Kier alpha value is -0.770. The highest BCUT2D eigenvalue weighted by Gasteiger charge is 2.06. The molecule has 0 radical (unpaired) electrons. The molecule has 0 amide bonds. The van der Waals surface area contributed by atoms with Crippen LogP contribution in [0.4, 0.5) is 5.69 Å². The molecule has 4 heteroatoms. The molecule has 18 heavy (non-hydrogen) atoms. The number of nitrogens with zero attached hydrogens (tertiary/aromatic N) is 1. The highest BCUT2D eigenvalue weighted by atomic mass is 35.5. The first-order valence-corrected chi connectivity index (χ1v) is 6.73. The average Bonchev–Trinajstić information content (AvgIpc) is 2.43. The van der Waals surface area contributed by atoms with Crippen LogP contribution in [0.3, 0.4) is 0 Å². The molecule has 0 saturated heterocycles. The Morgan fingerprint density at radius 1 is 1.00 bits per heavy atom. The van der Waals surface area contributed by atoms with Crippen molar-refractivity contribution in [3.8, 4) is 0 Å². The summed E-state index contributed by atoms with van der Waals surface area (Å²) in [6.45, 7) is 3.37. The maximum absolute atomic E-state index is 5.79. The van der Waals surface area contributed by atoms with Gasteiger partial charge in [0.15, 0.2) is 0 Å². The summed E-state index contributed by atoms with van der Waals surface area (Å²) in [7, 11) is 3.46. The molecular formula is C14H22ClNO2. The number of halogens is 1. The fraction of sp³-hybridized carbons (Fsp3) is 0.571. The molecule has 1 rings (SSSR count). The van der Waals surface area contributed by atoms with Gasteiger partial charge in [-0.2, -0.15) is 0 Å². The molecule has 0 aliphatic heterocycles. The number of hydrogen-bond donors (Lipinski definition) is 0. The molecule has 0 spiro atoms. The van der Waals surface area contributed by atoms with Crippen molar-refractivity contribution in [2.24, 2.45) is 0 Å². The van der Waals surface area contributed by atoms with Gasteiger partial charge in [0.1, 0.15) is 0 Å². The third-order valence-corrected chi connectivity index (χ3v) is 3.11. The minimum Gasteiger partial charge on any atom is -0.385 e. The van der Waals surface area contributed by atoms with Crippen LogP contribution in [-0.2, 0) is 15.4 Å². The van der Waals surface area contributed by atoms with Crippen LogP contribution in [0.1, 0.15) is 12.0 Å². The Morgan fingerprint density at radius 2 is 1.67 bits per heavy atom. The van der Waals surface area contributed by atoms with Crippen LogP contribution in [0, 0.1) is 0 Å². The molecule has 1 aromatic rings. The molecule has 0 unspecified atom stereocenters. The molecule has 0 N–H and O–H groups in total. The molecule has 0 bridgehead atoms. The lowest BCUT2D eigenvalue weighted by Gasteiger charge is -2.24. The van der Waals surface area contributed by atoms with Crippen LogP contribution in [0.2, 0.25) is 0 Å². The third-order valence-electron chi connectivity index (χ3n) is 2.80. The first-order valence-electron chi connectivity index (χ1n) is 6.19. The van der Waals surface area contributed by atoms with Gasteiger partial charge in [-0.1, -0.05) is 12.1 Å². The summed E-state index contributed by atoms with van der Waals surface area (Å²) in [6, 6.07) is 8.36. The van der Waals surface area contributed by atoms with E-state index in [1.165, 1.54) is 5.69 Å². The van der Waals surface area contributed by atoms with Crippen LogP contribution in [0.25, 0.3) is 0 Å². The number of alkyl halides is 1. The summed E-state index contributed by atoms with van der Waals surface area (Å²) < 4.78 is 10.2. The largest absolute Gasteiger partial charge is 0.385 e. The quantitative estimate of drug-likeness (QED) is 0.509. The predicted octanol–water partition coefficient (Wildman–Crippen LogP) is 2.91. The van der Waals surface area contributed by atoms with E-state index in [4.69, 9.17) is 21.1 Å². The zero-order valence-corrected chi connectivity index (χ0v) is 11.9. The van der Waals surface area contributed by atoms with Crippen LogP contribution in [0.15, 0.2) is 24.3 Å². The molecule has 0 atom stereocenters. The molecule has 0 heterocycles. The van der Waals surface area contributed by atoms with E-state index < -0.39 is 0 Å². The minimum absolute atomic E-state index is 0.558. The summed E-state index contributed by atoms with van der Waals surface area (Å²) in [5.41, 5.74) is 2.35. The van der Waals surface area contributed by atoms with E-state index in [0.717, 1.165) is 38.3 Å². The second-order valence-corrected chi connectivity index (χ2v) is 4.39. The van der Waals surface area contributed by atoms with Crippen molar-refractivity contribution in [1.29, 1.82) is 0 Å². The Morgan fingerprint density at radius 3 is 2.22 bits per heavy atom. The Kier molecular flexibility index (Phi) is 7.81. The first kappa shape index (κ1) is 15.3. The van der Waals surface area contributed by atoms with Gasteiger partial charge in [-0.25, -0.2) is 0 Å². The molecule has 0 saturated carbocycles. The lowest BCUT2D eigenvalue weighted by atomic mass is 10.2. The van der Waals surface area contributed by atoms with E-state index >= 15 is 0 Å². The highest BCUT2D eigenvalue weighted by Crippen LogP contribution is 2.16. The van der Waals surface area contributed by atoms with E-state index in [-0.39, 0.29) is 0 Å². The van der Waals surface area contributed by atoms with Crippen molar-refractivity contribution in [2.45, 2.75) is 12.3 Å². The standard InChI is InChI=1S/C14H22ClNO2/c1-17-10-3-8-16(9-11-18-2)14-6-4-13(12-15)5-7-14/h4-7H,3,8-12H2,1-2H3. The second kappa shape index (κ2) is 9.20. The van der Waals surface area contributed by atoms with Crippen molar-refractivity contribution in [2.75, 3.05) is 45.4 Å². The van der Waals surface area contributed by atoms with Gasteiger partial charge in [0.25, 0.3) is 0 Å². The van der Waals surface area contributed by atoms with Gasteiger partial charge < -0.3 is 14.4 Å².